The molecular weight excluding hydrogens is 182 g/mol. The molecule has 1 rings (SSSR count). The van der Waals surface area contributed by atoms with Crippen molar-refractivity contribution in [2.45, 2.75) is 39.7 Å². The van der Waals surface area contributed by atoms with Crippen molar-refractivity contribution in [2.24, 2.45) is 5.92 Å². The molecule has 0 saturated carbocycles. The molecule has 1 saturated heterocycles. The molecule has 1 amide bonds. The number of rotatable bonds is 4. The highest BCUT2D eigenvalue weighted by Crippen LogP contribution is 2.18. The fraction of sp³-hybridized carbons (Fsp3) is 0.909. The van der Waals surface area contributed by atoms with Gasteiger partial charge in [0.2, 0.25) is 5.91 Å². The Morgan fingerprint density at radius 3 is 2.86 bits per heavy atom. The van der Waals surface area contributed by atoms with Crippen LogP contribution in [-0.4, -0.2) is 36.5 Å². The van der Waals surface area contributed by atoms with Gasteiger partial charge in [-0.25, -0.2) is 0 Å². The van der Waals surface area contributed by atoms with Gasteiger partial charge in [-0.1, -0.05) is 13.8 Å². The number of carbonyl (C=O) groups is 1. The average molecular weight is 204 g/mol. The van der Waals surface area contributed by atoms with Crippen LogP contribution in [0.4, 0.5) is 0 Å². The van der Waals surface area contributed by atoms with E-state index in [0.717, 1.165) is 32.5 Å². The third kappa shape index (κ3) is 2.98. The highest BCUT2D eigenvalue weighted by Gasteiger charge is 2.30. The van der Waals surface area contributed by atoms with Crippen molar-refractivity contribution < 1.29 is 4.79 Å². The number of carbonyl (C=O) groups excluding carboxylic acids is 1. The van der Waals surface area contributed by atoms with E-state index in [1.165, 1.54) is 0 Å². The lowest BCUT2D eigenvalue weighted by atomic mass is 10.4. The molecule has 0 bridgehead atoms. The first kappa shape index (κ1) is 11.5. The Labute approximate surface area is 86.9 Å². The second-order valence-corrected chi connectivity index (χ2v) is 4.44. The van der Waals surface area contributed by atoms with Gasteiger partial charge in [0.05, 0.1) is 6.04 Å². The van der Waals surface area contributed by atoms with Gasteiger partial charge in [-0.3, -0.25) is 9.69 Å². The Hall–Kier alpha value is -0.570. The van der Waals surface area contributed by atoms with Gasteiger partial charge in [0.1, 0.15) is 0 Å². The van der Waals surface area contributed by atoms with E-state index in [9.17, 15) is 4.79 Å². The number of nitrogens with zero attached hydrogens (tertiary/aromatic N) is 1. The van der Waals surface area contributed by atoms with Gasteiger partial charge in [0.15, 0.2) is 0 Å². The lowest BCUT2D eigenvalue weighted by Crippen LogP contribution is -2.44. The normalized spacial score (nSPS) is 23.0. The first-order valence-corrected chi connectivity index (χ1v) is 5.67. The molecule has 0 radical (unpaired) electrons. The lowest BCUT2D eigenvalue weighted by Gasteiger charge is -2.24. The third-order valence-electron chi connectivity index (χ3n) is 2.62. The molecule has 0 aliphatic carbocycles. The number of likely N-dealkylation sites (N-methyl/N-ethyl adjacent to an activating group) is 1. The molecular formula is C11H22N2O. The van der Waals surface area contributed by atoms with Crippen LogP contribution < -0.4 is 5.32 Å². The topological polar surface area (TPSA) is 32.3 Å². The van der Waals surface area contributed by atoms with Crippen molar-refractivity contribution in [1.29, 1.82) is 0 Å². The largest absolute Gasteiger partial charge is 0.355 e. The van der Waals surface area contributed by atoms with Crippen LogP contribution >= 0.6 is 0 Å². The predicted octanol–water partition coefficient (Wildman–Crippen LogP) is 1.24. The number of likely N-dealkylation sites (tertiary alicyclic amines) is 1. The molecule has 3 nitrogen and oxygen atoms in total. The van der Waals surface area contributed by atoms with Crippen LogP contribution in [0.15, 0.2) is 0 Å². The highest BCUT2D eigenvalue weighted by atomic mass is 16.2. The summed E-state index contributed by atoms with van der Waals surface area (Å²) in [5.74, 6) is 0.857. The number of nitrogens with one attached hydrogen (secondary N) is 1. The summed E-state index contributed by atoms with van der Waals surface area (Å²) in [4.78, 5) is 14.0. The van der Waals surface area contributed by atoms with Gasteiger partial charge in [0.25, 0.3) is 0 Å². The zero-order valence-electron chi connectivity index (χ0n) is 9.55. The summed E-state index contributed by atoms with van der Waals surface area (Å²) < 4.78 is 0. The van der Waals surface area contributed by atoms with Gasteiger partial charge in [-0.15, -0.1) is 0 Å². The Kier molecular flexibility index (Phi) is 4.39. The van der Waals surface area contributed by atoms with E-state index in [1.54, 1.807) is 0 Å². The Bertz CT molecular complexity index is 192. The fourth-order valence-electron chi connectivity index (χ4n) is 2.10. The average Bonchev–Trinajstić information content (AvgIpc) is 2.51. The van der Waals surface area contributed by atoms with E-state index in [1.807, 2.05) is 6.92 Å². The summed E-state index contributed by atoms with van der Waals surface area (Å²) in [6.45, 7) is 9.24. The van der Waals surface area contributed by atoms with Gasteiger partial charge in [-0.05, 0) is 32.2 Å². The fourth-order valence-corrected chi connectivity index (χ4v) is 2.10. The minimum Gasteiger partial charge on any atom is -0.355 e. The van der Waals surface area contributed by atoms with Crippen LogP contribution in [-0.2, 0) is 4.79 Å². The summed E-state index contributed by atoms with van der Waals surface area (Å²) in [5, 5.41) is 2.91. The maximum Gasteiger partial charge on any atom is 0.237 e. The van der Waals surface area contributed by atoms with Crippen molar-refractivity contribution in [3.8, 4) is 0 Å². The second kappa shape index (κ2) is 5.35. The Balaban J connectivity index is 2.46. The van der Waals surface area contributed by atoms with E-state index in [-0.39, 0.29) is 11.9 Å². The van der Waals surface area contributed by atoms with Crippen molar-refractivity contribution in [3.63, 3.8) is 0 Å². The first-order chi connectivity index (χ1) is 6.65. The molecule has 1 aliphatic heterocycles. The minimum absolute atomic E-state index is 0.136. The van der Waals surface area contributed by atoms with E-state index in [0.29, 0.717) is 5.92 Å². The summed E-state index contributed by atoms with van der Waals surface area (Å²) in [6, 6.07) is 0.136. The monoisotopic (exact) mass is 204 g/mol. The van der Waals surface area contributed by atoms with E-state index < -0.39 is 0 Å². The first-order valence-electron chi connectivity index (χ1n) is 5.67. The lowest BCUT2D eigenvalue weighted by molar-refractivity contribution is -0.125. The van der Waals surface area contributed by atoms with Crippen LogP contribution in [0.3, 0.4) is 0 Å². The van der Waals surface area contributed by atoms with Crippen LogP contribution in [0.2, 0.25) is 0 Å². The molecule has 1 N–H and O–H groups in total. The van der Waals surface area contributed by atoms with E-state index in [4.69, 9.17) is 0 Å². The smallest absolute Gasteiger partial charge is 0.237 e. The third-order valence-corrected chi connectivity index (χ3v) is 2.62. The SMILES string of the molecule is C[13CH](C)[13CH2][15N]1CCC[13CH]1C(=O)N[13CH2][13CH3]. The van der Waals surface area contributed by atoms with Crippen LogP contribution in [0, 0.1) is 5.92 Å². The van der Waals surface area contributed by atoms with E-state index in [2.05, 4.69) is 24.1 Å². The predicted molar refractivity (Wildman–Crippen MR) is 58.1 cm³/mol. The van der Waals surface area contributed by atoms with Crippen molar-refractivity contribution in [1.82, 2.24) is 10.2 Å². The molecule has 1 atom stereocenters. The molecule has 1 aliphatic rings. The van der Waals surface area contributed by atoms with Gasteiger partial charge in [-0.2, -0.15) is 0 Å². The van der Waals surface area contributed by atoms with Crippen molar-refractivity contribution in [2.75, 3.05) is 19.6 Å². The molecule has 0 aromatic rings. The summed E-state index contributed by atoms with van der Waals surface area (Å²) in [5.41, 5.74) is 0. The molecule has 1 fully saturated rings. The number of hydrogen-bond donors (Lipinski definition) is 1. The van der Waals surface area contributed by atoms with Gasteiger partial charge < -0.3 is 5.32 Å². The molecule has 82 valence electrons. The zero-order valence-corrected chi connectivity index (χ0v) is 9.55. The maximum atomic E-state index is 11.7. The molecule has 0 aromatic heterocycles. The molecule has 1 heterocycles. The van der Waals surface area contributed by atoms with Crippen LogP contribution in [0.1, 0.15) is 33.6 Å². The summed E-state index contributed by atoms with van der Waals surface area (Å²) >= 11 is 0. The Morgan fingerprint density at radius 2 is 2.29 bits per heavy atom. The highest BCUT2D eigenvalue weighted by molar-refractivity contribution is 5.81. The second-order valence-electron chi connectivity index (χ2n) is 4.44. The van der Waals surface area contributed by atoms with Gasteiger partial charge in [0, 0.05) is 13.1 Å². The molecule has 0 aromatic carbocycles. The van der Waals surface area contributed by atoms with Crippen molar-refractivity contribution in [3.05, 3.63) is 0 Å². The van der Waals surface area contributed by atoms with Gasteiger partial charge >= 0.3 is 0 Å². The molecule has 1 unspecified atom stereocenters. The quantitative estimate of drug-likeness (QED) is 0.552. The Morgan fingerprint density at radius 1 is 1.57 bits per heavy atom. The van der Waals surface area contributed by atoms with Crippen molar-refractivity contribution >= 4 is 5.91 Å². The molecule has 0 spiro atoms. The molecule has 14 heavy (non-hydrogen) atoms. The summed E-state index contributed by atoms with van der Waals surface area (Å²) in [6.07, 6.45) is 2.19. The zero-order chi connectivity index (χ0) is 10.6. The maximum absolute atomic E-state index is 11.7. The number of amides is 1. The summed E-state index contributed by atoms with van der Waals surface area (Å²) in [7, 11) is 0. The van der Waals surface area contributed by atoms with Crippen LogP contribution in [0.5, 0.6) is 0 Å². The van der Waals surface area contributed by atoms with E-state index >= 15 is 0 Å². The van der Waals surface area contributed by atoms with Crippen LogP contribution in [0.25, 0.3) is 0 Å². The minimum atomic E-state index is 0.136. The standard InChI is InChI=1S/C11H22N2O/c1-4-12-11(14)10-6-5-7-13(10)8-9(2)3/h9-10H,4-8H2,1-3H3,(H,12,14)/i1+1,4+1,8+1,9+1,10+1,13+1. The number of hydrogen-bond acceptors (Lipinski definition) is 2. The molecule has 3 heteroatoms.